The molecule has 1 aliphatic heterocycles. The number of carbonyl (C=O) groups is 1. The Morgan fingerprint density at radius 3 is 2.67 bits per heavy atom. The van der Waals surface area contributed by atoms with Crippen molar-refractivity contribution in [3.8, 4) is 11.4 Å². The lowest BCUT2D eigenvalue weighted by atomic mass is 10.1. The van der Waals surface area contributed by atoms with Gasteiger partial charge in [0.25, 0.3) is 0 Å². The van der Waals surface area contributed by atoms with Crippen LogP contribution in [-0.2, 0) is 4.79 Å². The Morgan fingerprint density at radius 1 is 1.07 bits per heavy atom. The van der Waals surface area contributed by atoms with Crippen molar-refractivity contribution in [3.05, 3.63) is 48.8 Å². The molecule has 6 heteroatoms. The molecule has 6 nitrogen and oxygen atoms in total. The second-order valence-electron chi connectivity index (χ2n) is 6.82. The van der Waals surface area contributed by atoms with E-state index in [1.165, 1.54) is 32.4 Å². The first-order valence-electron chi connectivity index (χ1n) is 9.46. The van der Waals surface area contributed by atoms with Crippen molar-refractivity contribution in [1.82, 2.24) is 14.5 Å². The molecular weight excluding hydrogens is 340 g/mol. The molecule has 0 atom stereocenters. The number of imidazole rings is 1. The van der Waals surface area contributed by atoms with Gasteiger partial charge in [0.1, 0.15) is 18.7 Å². The van der Waals surface area contributed by atoms with Gasteiger partial charge in [0.2, 0.25) is 6.41 Å². The van der Waals surface area contributed by atoms with Crippen molar-refractivity contribution >= 4 is 23.1 Å². The minimum Gasteiger partial charge on any atom is -0.492 e. The zero-order chi connectivity index (χ0) is 18.5. The maximum absolute atomic E-state index is 10.5. The molecule has 1 aromatic heterocycles. The van der Waals surface area contributed by atoms with Gasteiger partial charge in [-0.3, -0.25) is 14.3 Å². The van der Waals surface area contributed by atoms with Crippen LogP contribution in [0.5, 0.6) is 5.75 Å². The van der Waals surface area contributed by atoms with Crippen molar-refractivity contribution in [2.24, 2.45) is 0 Å². The van der Waals surface area contributed by atoms with Gasteiger partial charge in [-0.15, -0.1) is 0 Å². The molecule has 0 saturated carbocycles. The summed E-state index contributed by atoms with van der Waals surface area (Å²) in [5, 5.41) is 2.64. The summed E-state index contributed by atoms with van der Waals surface area (Å²) in [7, 11) is 0. The minimum atomic E-state index is 0.675. The Morgan fingerprint density at radius 2 is 1.89 bits per heavy atom. The van der Waals surface area contributed by atoms with E-state index >= 15 is 0 Å². The number of amides is 1. The fourth-order valence-corrected chi connectivity index (χ4v) is 3.55. The summed E-state index contributed by atoms with van der Waals surface area (Å²) in [6.07, 6.45) is 6.44. The molecule has 4 rings (SSSR count). The first-order chi connectivity index (χ1) is 13.3. The third-order valence-corrected chi connectivity index (χ3v) is 5.01. The van der Waals surface area contributed by atoms with Gasteiger partial charge in [-0.25, -0.2) is 4.98 Å². The third kappa shape index (κ3) is 4.11. The summed E-state index contributed by atoms with van der Waals surface area (Å²) in [5.41, 5.74) is 3.69. The molecule has 1 N–H and O–H groups in total. The summed E-state index contributed by atoms with van der Waals surface area (Å²) >= 11 is 0. The van der Waals surface area contributed by atoms with Gasteiger partial charge in [-0.1, -0.05) is 6.42 Å². The molecule has 2 heterocycles. The molecule has 1 fully saturated rings. The number of piperidine rings is 1. The number of ether oxygens (including phenoxy) is 1. The Balaban J connectivity index is 1.43. The molecular formula is C21H24N4O2. The molecule has 0 unspecified atom stereocenters. The van der Waals surface area contributed by atoms with Crippen LogP contribution in [0.4, 0.5) is 5.69 Å². The Kier molecular flexibility index (Phi) is 5.34. The standard InChI is InChI=1S/C21H24N4O2/c26-16-23-17-4-6-18(7-5-17)25-15-22-20-14-19(8-9-21(20)25)27-13-12-24-10-2-1-3-11-24/h4-9,14-16H,1-3,10-13H2,(H,23,26). The van der Waals surface area contributed by atoms with Crippen molar-refractivity contribution < 1.29 is 9.53 Å². The molecule has 140 valence electrons. The number of likely N-dealkylation sites (tertiary alicyclic amines) is 1. The molecule has 0 bridgehead atoms. The number of hydrogen-bond acceptors (Lipinski definition) is 4. The molecule has 2 aromatic carbocycles. The fraction of sp³-hybridized carbons (Fsp3) is 0.333. The Hall–Kier alpha value is -2.86. The first kappa shape index (κ1) is 17.5. The van der Waals surface area contributed by atoms with Crippen LogP contribution in [0.1, 0.15) is 19.3 Å². The maximum atomic E-state index is 10.5. The molecule has 27 heavy (non-hydrogen) atoms. The van der Waals surface area contributed by atoms with Crippen LogP contribution < -0.4 is 10.1 Å². The van der Waals surface area contributed by atoms with Crippen molar-refractivity contribution in [2.45, 2.75) is 19.3 Å². The van der Waals surface area contributed by atoms with E-state index in [4.69, 9.17) is 4.74 Å². The lowest BCUT2D eigenvalue weighted by Crippen LogP contribution is -2.33. The number of nitrogens with one attached hydrogen (secondary N) is 1. The number of hydrogen-bond donors (Lipinski definition) is 1. The summed E-state index contributed by atoms with van der Waals surface area (Å²) in [5.74, 6) is 0.857. The number of aromatic nitrogens is 2. The highest BCUT2D eigenvalue weighted by Crippen LogP contribution is 2.23. The van der Waals surface area contributed by atoms with E-state index in [-0.39, 0.29) is 0 Å². The SMILES string of the molecule is O=CNc1ccc(-n2cnc3cc(OCCN4CCCCC4)ccc32)cc1. The highest BCUT2D eigenvalue weighted by Gasteiger charge is 2.10. The summed E-state index contributed by atoms with van der Waals surface area (Å²) in [4.78, 5) is 17.5. The van der Waals surface area contributed by atoms with Crippen LogP contribution in [0.15, 0.2) is 48.8 Å². The molecule has 1 amide bonds. The van der Waals surface area contributed by atoms with Gasteiger partial charge < -0.3 is 10.1 Å². The summed E-state index contributed by atoms with van der Waals surface area (Å²) < 4.78 is 7.97. The quantitative estimate of drug-likeness (QED) is 0.652. The van der Waals surface area contributed by atoms with Crippen LogP contribution >= 0.6 is 0 Å². The van der Waals surface area contributed by atoms with Crippen molar-refractivity contribution in [2.75, 3.05) is 31.6 Å². The van der Waals surface area contributed by atoms with E-state index in [0.717, 1.165) is 34.7 Å². The molecule has 1 saturated heterocycles. The Labute approximate surface area is 158 Å². The number of nitrogens with zero attached hydrogens (tertiary/aromatic N) is 3. The van der Waals surface area contributed by atoms with Gasteiger partial charge in [0.15, 0.2) is 0 Å². The molecule has 0 radical (unpaired) electrons. The van der Waals surface area contributed by atoms with Crippen LogP contribution in [0.25, 0.3) is 16.7 Å². The molecule has 3 aromatic rings. The second-order valence-corrected chi connectivity index (χ2v) is 6.82. The van der Waals surface area contributed by atoms with E-state index in [0.29, 0.717) is 13.0 Å². The van der Waals surface area contributed by atoms with Gasteiger partial charge in [0, 0.05) is 24.0 Å². The Bertz CT molecular complexity index is 898. The largest absolute Gasteiger partial charge is 0.492 e. The summed E-state index contributed by atoms with van der Waals surface area (Å²) in [6, 6.07) is 13.7. The summed E-state index contributed by atoms with van der Waals surface area (Å²) in [6.45, 7) is 4.06. The van der Waals surface area contributed by atoms with Crippen molar-refractivity contribution in [3.63, 3.8) is 0 Å². The normalized spacial score (nSPS) is 15.0. The van der Waals surface area contributed by atoms with Gasteiger partial charge in [-0.2, -0.15) is 0 Å². The predicted octanol–water partition coefficient (Wildman–Crippen LogP) is 3.46. The van der Waals surface area contributed by atoms with Crippen molar-refractivity contribution in [1.29, 1.82) is 0 Å². The average Bonchev–Trinajstić information content (AvgIpc) is 3.13. The van der Waals surface area contributed by atoms with Crippen LogP contribution in [0.2, 0.25) is 0 Å². The molecule has 0 aliphatic carbocycles. The third-order valence-electron chi connectivity index (χ3n) is 5.01. The highest BCUT2D eigenvalue weighted by atomic mass is 16.5. The van der Waals surface area contributed by atoms with Gasteiger partial charge in [0.05, 0.1) is 11.0 Å². The second kappa shape index (κ2) is 8.22. The lowest BCUT2D eigenvalue weighted by Gasteiger charge is -2.26. The molecule has 1 aliphatic rings. The van der Waals surface area contributed by atoms with E-state index in [1.807, 2.05) is 53.4 Å². The average molecular weight is 364 g/mol. The number of carbonyl (C=O) groups excluding carboxylic acids is 1. The van der Waals surface area contributed by atoms with Crippen LogP contribution in [0, 0.1) is 0 Å². The van der Waals surface area contributed by atoms with E-state index in [9.17, 15) is 4.79 Å². The zero-order valence-electron chi connectivity index (χ0n) is 15.3. The van der Waals surface area contributed by atoms with Crippen LogP contribution in [0.3, 0.4) is 0 Å². The van der Waals surface area contributed by atoms with Gasteiger partial charge >= 0.3 is 0 Å². The minimum absolute atomic E-state index is 0.675. The topological polar surface area (TPSA) is 59.4 Å². The molecule has 0 spiro atoms. The van der Waals surface area contributed by atoms with E-state index in [2.05, 4.69) is 15.2 Å². The number of benzene rings is 2. The lowest BCUT2D eigenvalue weighted by molar-refractivity contribution is -0.105. The van der Waals surface area contributed by atoms with Gasteiger partial charge in [-0.05, 0) is 62.3 Å². The first-order valence-corrected chi connectivity index (χ1v) is 9.46. The van der Waals surface area contributed by atoms with E-state index in [1.54, 1.807) is 0 Å². The smallest absolute Gasteiger partial charge is 0.211 e. The monoisotopic (exact) mass is 364 g/mol. The number of rotatable bonds is 7. The maximum Gasteiger partial charge on any atom is 0.211 e. The number of fused-ring (bicyclic) bond motifs is 1. The zero-order valence-corrected chi connectivity index (χ0v) is 15.3. The predicted molar refractivity (Wildman–Crippen MR) is 107 cm³/mol. The van der Waals surface area contributed by atoms with Crippen LogP contribution in [-0.4, -0.2) is 47.1 Å². The number of anilines is 1. The fourth-order valence-electron chi connectivity index (χ4n) is 3.55. The highest BCUT2D eigenvalue weighted by molar-refractivity contribution is 5.79. The van der Waals surface area contributed by atoms with E-state index < -0.39 is 0 Å².